The fourth-order valence-electron chi connectivity index (χ4n) is 0.843. The summed E-state index contributed by atoms with van der Waals surface area (Å²) in [5.74, 6) is -0.440. The lowest BCUT2D eigenvalue weighted by Crippen LogP contribution is -2.08. The van der Waals surface area contributed by atoms with Crippen LogP contribution in [0.15, 0.2) is 6.20 Å². The topological polar surface area (TPSA) is 76.0 Å². The lowest BCUT2D eigenvalue weighted by Gasteiger charge is -2.03. The highest BCUT2D eigenvalue weighted by atomic mass is 16.4. The van der Waals surface area contributed by atoms with E-state index in [-0.39, 0.29) is 18.2 Å². The molecular formula is C8H11N3O2. The van der Waals surface area contributed by atoms with Crippen LogP contribution in [0, 0.1) is 0 Å². The van der Waals surface area contributed by atoms with Gasteiger partial charge in [-0.15, -0.1) is 5.10 Å². The molecule has 0 unspecified atom stereocenters. The first-order valence-corrected chi connectivity index (χ1v) is 4.00. The first kappa shape index (κ1) is 9.57. The Morgan fingerprint density at radius 1 is 1.62 bits per heavy atom. The van der Waals surface area contributed by atoms with Crippen LogP contribution in [0.4, 0.5) is 0 Å². The van der Waals surface area contributed by atoms with Gasteiger partial charge in [0.15, 0.2) is 5.82 Å². The van der Waals surface area contributed by atoms with Crippen LogP contribution in [-0.4, -0.2) is 26.3 Å². The zero-order valence-corrected chi connectivity index (χ0v) is 7.56. The Hall–Kier alpha value is -1.52. The van der Waals surface area contributed by atoms with Crippen LogP contribution >= 0.6 is 0 Å². The predicted octanol–water partition coefficient (Wildman–Crippen LogP) is 0.622. The first-order chi connectivity index (χ1) is 6.09. The van der Waals surface area contributed by atoms with Gasteiger partial charge in [-0.3, -0.25) is 4.79 Å². The van der Waals surface area contributed by atoms with Gasteiger partial charge in [0.1, 0.15) is 6.42 Å². The van der Waals surface area contributed by atoms with Crippen molar-refractivity contribution in [1.82, 2.24) is 15.2 Å². The molecule has 1 heterocycles. The standard InChI is InChI=1S/C8H11N3O2/c1-5(2)6-4-9-11-7(10-6)3-8(12)13/h4-5H,3H2,1-2H3,(H,12,13). The van der Waals surface area contributed by atoms with Gasteiger partial charge in [-0.2, -0.15) is 5.10 Å². The Bertz CT molecular complexity index is 312. The number of rotatable bonds is 3. The molecular weight excluding hydrogens is 170 g/mol. The molecule has 5 heteroatoms. The number of aliphatic carboxylic acids is 1. The zero-order chi connectivity index (χ0) is 9.84. The summed E-state index contributed by atoms with van der Waals surface area (Å²) in [5.41, 5.74) is 0.770. The van der Waals surface area contributed by atoms with Gasteiger partial charge in [-0.25, -0.2) is 4.98 Å². The van der Waals surface area contributed by atoms with Crippen molar-refractivity contribution in [3.8, 4) is 0 Å². The molecule has 0 aliphatic carbocycles. The summed E-state index contributed by atoms with van der Waals surface area (Å²) in [7, 11) is 0. The van der Waals surface area contributed by atoms with Crippen molar-refractivity contribution >= 4 is 5.97 Å². The Morgan fingerprint density at radius 2 is 2.31 bits per heavy atom. The van der Waals surface area contributed by atoms with Gasteiger partial charge < -0.3 is 5.11 Å². The first-order valence-electron chi connectivity index (χ1n) is 4.00. The average molecular weight is 181 g/mol. The van der Waals surface area contributed by atoms with Crippen LogP contribution < -0.4 is 0 Å². The number of hydrogen-bond donors (Lipinski definition) is 1. The third-order valence-corrected chi connectivity index (χ3v) is 1.52. The molecule has 70 valence electrons. The van der Waals surface area contributed by atoms with Gasteiger partial charge in [0, 0.05) is 0 Å². The van der Waals surface area contributed by atoms with Gasteiger partial charge in [-0.1, -0.05) is 13.8 Å². The smallest absolute Gasteiger partial charge is 0.311 e. The summed E-state index contributed by atoms with van der Waals surface area (Å²) in [6, 6.07) is 0. The van der Waals surface area contributed by atoms with Crippen LogP contribution in [0.25, 0.3) is 0 Å². The van der Waals surface area contributed by atoms with E-state index in [9.17, 15) is 4.79 Å². The minimum atomic E-state index is -0.942. The number of hydrogen-bond acceptors (Lipinski definition) is 4. The molecule has 0 aliphatic heterocycles. The van der Waals surface area contributed by atoms with Gasteiger partial charge in [0.05, 0.1) is 11.9 Å². The largest absolute Gasteiger partial charge is 0.481 e. The van der Waals surface area contributed by atoms with Crippen molar-refractivity contribution in [1.29, 1.82) is 0 Å². The van der Waals surface area contributed by atoms with Crippen molar-refractivity contribution in [2.24, 2.45) is 0 Å². The molecule has 5 nitrogen and oxygen atoms in total. The summed E-state index contributed by atoms with van der Waals surface area (Å²) in [5, 5.41) is 15.8. The highest BCUT2D eigenvalue weighted by molar-refractivity contribution is 5.68. The summed E-state index contributed by atoms with van der Waals surface area (Å²) >= 11 is 0. The molecule has 0 saturated carbocycles. The van der Waals surface area contributed by atoms with Crippen LogP contribution in [0.3, 0.4) is 0 Å². The van der Waals surface area contributed by atoms with Crippen LogP contribution in [0.1, 0.15) is 31.3 Å². The second-order valence-electron chi connectivity index (χ2n) is 3.02. The fraction of sp³-hybridized carbons (Fsp3) is 0.500. The summed E-state index contributed by atoms with van der Waals surface area (Å²) < 4.78 is 0. The van der Waals surface area contributed by atoms with Gasteiger partial charge in [0.25, 0.3) is 0 Å². The zero-order valence-electron chi connectivity index (χ0n) is 7.56. The fourth-order valence-corrected chi connectivity index (χ4v) is 0.843. The van der Waals surface area contributed by atoms with E-state index < -0.39 is 5.97 Å². The van der Waals surface area contributed by atoms with E-state index in [0.29, 0.717) is 0 Å². The lowest BCUT2D eigenvalue weighted by atomic mass is 10.1. The van der Waals surface area contributed by atoms with Crippen molar-refractivity contribution in [2.75, 3.05) is 0 Å². The normalized spacial score (nSPS) is 10.4. The Labute approximate surface area is 75.8 Å². The van der Waals surface area contributed by atoms with Crippen LogP contribution in [0.2, 0.25) is 0 Å². The molecule has 0 spiro atoms. The van der Waals surface area contributed by atoms with E-state index >= 15 is 0 Å². The minimum Gasteiger partial charge on any atom is -0.481 e. The van der Waals surface area contributed by atoms with Crippen molar-refractivity contribution in [2.45, 2.75) is 26.2 Å². The highest BCUT2D eigenvalue weighted by Gasteiger charge is 2.07. The van der Waals surface area contributed by atoms with E-state index in [0.717, 1.165) is 5.69 Å². The van der Waals surface area contributed by atoms with Gasteiger partial charge in [0.2, 0.25) is 0 Å². The Balaban J connectivity index is 2.85. The van der Waals surface area contributed by atoms with Gasteiger partial charge in [-0.05, 0) is 5.92 Å². The number of carboxylic acid groups (broad SMARTS) is 1. The maximum atomic E-state index is 10.3. The molecule has 0 fully saturated rings. The summed E-state index contributed by atoms with van der Waals surface area (Å²) in [4.78, 5) is 14.4. The summed E-state index contributed by atoms with van der Waals surface area (Å²) in [6.45, 7) is 3.93. The number of carboxylic acids is 1. The maximum Gasteiger partial charge on any atom is 0.311 e. The highest BCUT2D eigenvalue weighted by Crippen LogP contribution is 2.08. The van der Waals surface area contributed by atoms with Crippen molar-refractivity contribution in [3.05, 3.63) is 17.7 Å². The maximum absolute atomic E-state index is 10.3. The van der Waals surface area contributed by atoms with E-state index in [4.69, 9.17) is 5.11 Å². The van der Waals surface area contributed by atoms with Gasteiger partial charge >= 0.3 is 5.97 Å². The molecule has 0 saturated heterocycles. The predicted molar refractivity (Wildman–Crippen MR) is 45.3 cm³/mol. The molecule has 13 heavy (non-hydrogen) atoms. The number of aromatic nitrogens is 3. The Morgan fingerprint density at radius 3 is 2.85 bits per heavy atom. The van der Waals surface area contributed by atoms with E-state index in [2.05, 4.69) is 15.2 Å². The molecule has 1 rings (SSSR count). The van der Waals surface area contributed by atoms with Crippen molar-refractivity contribution < 1.29 is 9.90 Å². The lowest BCUT2D eigenvalue weighted by molar-refractivity contribution is -0.136. The van der Waals surface area contributed by atoms with Crippen LogP contribution in [0.5, 0.6) is 0 Å². The molecule has 0 aliphatic rings. The third kappa shape index (κ3) is 2.77. The van der Waals surface area contributed by atoms with Crippen molar-refractivity contribution in [3.63, 3.8) is 0 Å². The number of carbonyl (C=O) groups is 1. The molecule has 1 aromatic heterocycles. The molecule has 0 bridgehead atoms. The number of nitrogens with zero attached hydrogens (tertiary/aromatic N) is 3. The average Bonchev–Trinajstić information content (AvgIpc) is 2.03. The summed E-state index contributed by atoms with van der Waals surface area (Å²) in [6.07, 6.45) is 1.38. The minimum absolute atomic E-state index is 0.173. The van der Waals surface area contributed by atoms with Crippen LogP contribution in [-0.2, 0) is 11.2 Å². The third-order valence-electron chi connectivity index (χ3n) is 1.52. The van der Waals surface area contributed by atoms with E-state index in [1.807, 2.05) is 13.8 Å². The SMILES string of the molecule is CC(C)c1cnnc(CC(=O)O)n1. The molecule has 1 aromatic rings. The second-order valence-corrected chi connectivity index (χ2v) is 3.02. The second kappa shape index (κ2) is 3.93. The molecule has 0 radical (unpaired) electrons. The van der Waals surface area contributed by atoms with E-state index in [1.54, 1.807) is 6.20 Å². The molecule has 0 atom stereocenters. The van der Waals surface area contributed by atoms with E-state index in [1.165, 1.54) is 0 Å². The quantitative estimate of drug-likeness (QED) is 0.739. The monoisotopic (exact) mass is 181 g/mol. The molecule has 0 amide bonds. The molecule has 0 aromatic carbocycles. The molecule has 1 N–H and O–H groups in total. The Kier molecular flexibility index (Phi) is 2.89.